The summed E-state index contributed by atoms with van der Waals surface area (Å²) in [6.07, 6.45) is -3.71. The van der Waals surface area contributed by atoms with Crippen LogP contribution in [-0.4, -0.2) is 34.3 Å². The van der Waals surface area contributed by atoms with Gasteiger partial charge in [0.05, 0.1) is 28.6 Å². The zero-order chi connectivity index (χ0) is 28.3. The highest BCUT2D eigenvalue weighted by molar-refractivity contribution is 8.13. The van der Waals surface area contributed by atoms with E-state index in [0.717, 1.165) is 29.0 Å². The van der Waals surface area contributed by atoms with Crippen LogP contribution in [0.1, 0.15) is 30.5 Å². The van der Waals surface area contributed by atoms with Crippen LogP contribution in [0.15, 0.2) is 95.1 Å². The van der Waals surface area contributed by atoms with Crippen molar-refractivity contribution >= 4 is 45.9 Å². The fourth-order valence-corrected chi connectivity index (χ4v) is 5.76. The Labute approximate surface area is 233 Å². The van der Waals surface area contributed by atoms with Gasteiger partial charge in [-0.15, -0.1) is 0 Å². The molecule has 206 valence electrons. The van der Waals surface area contributed by atoms with Crippen molar-refractivity contribution in [1.29, 1.82) is 0 Å². The summed E-state index contributed by atoms with van der Waals surface area (Å²) in [5.41, 5.74) is 1.55. The Bertz CT molecular complexity index is 1490. The Balaban J connectivity index is 1.43. The molecule has 3 amide bonds. The number of amidine groups is 1. The summed E-state index contributed by atoms with van der Waals surface area (Å²) < 4.78 is 40.1. The molecule has 2 aliphatic heterocycles. The number of urea groups is 1. The fraction of sp³-hybridized carbons (Fsp3) is 0.207. The minimum absolute atomic E-state index is 0.285. The number of aliphatic imine (C=N–C) groups is 1. The highest BCUT2D eigenvalue weighted by atomic mass is 32.2. The molecule has 3 N–H and O–H groups in total. The van der Waals surface area contributed by atoms with Crippen molar-refractivity contribution in [3.05, 3.63) is 101 Å². The summed E-state index contributed by atoms with van der Waals surface area (Å²) >= 11 is 1.62. The van der Waals surface area contributed by atoms with Crippen molar-refractivity contribution in [3.63, 3.8) is 0 Å². The van der Waals surface area contributed by atoms with Gasteiger partial charge in [-0.1, -0.05) is 54.2 Å². The number of hydrogen-bond donors (Lipinski definition) is 3. The maximum absolute atomic E-state index is 13.6. The van der Waals surface area contributed by atoms with E-state index in [-0.39, 0.29) is 11.6 Å². The number of nitrogens with zero attached hydrogens (tertiary/aromatic N) is 2. The average Bonchev–Trinajstić information content (AvgIpc) is 2.92. The van der Waals surface area contributed by atoms with E-state index in [2.05, 4.69) is 20.9 Å². The third kappa shape index (κ3) is 5.99. The first-order valence-corrected chi connectivity index (χ1v) is 13.6. The average molecular weight is 566 g/mol. The predicted octanol–water partition coefficient (Wildman–Crippen LogP) is 7.11. The van der Waals surface area contributed by atoms with E-state index in [9.17, 15) is 22.8 Å². The molecule has 0 saturated carbocycles. The molecule has 3 aromatic carbocycles. The molecule has 7 nitrogen and oxygen atoms in total. The molecule has 11 heteroatoms. The van der Waals surface area contributed by atoms with Crippen LogP contribution in [0.3, 0.4) is 0 Å². The first-order valence-electron chi connectivity index (χ1n) is 12.6. The van der Waals surface area contributed by atoms with Crippen LogP contribution in [0.2, 0.25) is 0 Å². The maximum Gasteiger partial charge on any atom is 0.418 e. The summed E-state index contributed by atoms with van der Waals surface area (Å²) in [7, 11) is 0. The number of fused-ring (bicyclic) bond motifs is 1. The van der Waals surface area contributed by atoms with E-state index in [1.165, 1.54) is 18.2 Å². The Morgan fingerprint density at radius 1 is 0.925 bits per heavy atom. The smallest absolute Gasteiger partial charge is 0.340 e. The second kappa shape index (κ2) is 11.5. The number of anilines is 3. The van der Waals surface area contributed by atoms with Gasteiger partial charge in [0.15, 0.2) is 5.17 Å². The lowest BCUT2D eigenvalue weighted by atomic mass is 9.93. The van der Waals surface area contributed by atoms with Gasteiger partial charge in [-0.05, 0) is 55.3 Å². The number of para-hydroxylation sites is 2. The monoisotopic (exact) mass is 565 g/mol. The van der Waals surface area contributed by atoms with Crippen LogP contribution in [-0.2, 0) is 11.0 Å². The van der Waals surface area contributed by atoms with Gasteiger partial charge in [0.2, 0.25) is 0 Å². The van der Waals surface area contributed by atoms with Crippen molar-refractivity contribution in [2.24, 2.45) is 4.99 Å². The number of nitrogens with one attached hydrogen (secondary N) is 3. The van der Waals surface area contributed by atoms with Gasteiger partial charge >= 0.3 is 12.2 Å². The van der Waals surface area contributed by atoms with Crippen molar-refractivity contribution in [2.75, 3.05) is 28.2 Å². The number of amides is 3. The van der Waals surface area contributed by atoms with E-state index < -0.39 is 23.8 Å². The van der Waals surface area contributed by atoms with Crippen LogP contribution in [0.4, 0.5) is 35.0 Å². The largest absolute Gasteiger partial charge is 0.418 e. The Kier molecular flexibility index (Phi) is 7.83. The van der Waals surface area contributed by atoms with Crippen molar-refractivity contribution in [2.45, 2.75) is 25.6 Å². The molecular formula is C29H26F3N5O2S. The van der Waals surface area contributed by atoms with Crippen LogP contribution < -0.4 is 16.0 Å². The lowest BCUT2D eigenvalue weighted by Gasteiger charge is -2.41. The molecule has 2 heterocycles. The lowest BCUT2D eigenvalue weighted by molar-refractivity contribution is -0.136. The standard InChI is InChI=1S/C29H26F3N5O2S/c1-18-24(26(38)34-20-10-3-2-4-11-20)25(37-15-8-16-40-28(37)33-18)19-9-7-12-21(17-19)35-27(39)36-23-14-6-5-13-22(23)29(30,31)32/h2-7,9-14,17,25H,8,15-16H2,1H3,(H,34,38)(H2,35,36,39). The fourth-order valence-electron chi connectivity index (χ4n) is 4.74. The Morgan fingerprint density at radius 2 is 1.65 bits per heavy atom. The Morgan fingerprint density at radius 3 is 2.42 bits per heavy atom. The maximum atomic E-state index is 13.6. The number of rotatable bonds is 5. The molecule has 1 saturated heterocycles. The highest BCUT2D eigenvalue weighted by Crippen LogP contribution is 2.40. The summed E-state index contributed by atoms with van der Waals surface area (Å²) in [5, 5.41) is 8.70. The summed E-state index contributed by atoms with van der Waals surface area (Å²) in [4.78, 5) is 33.1. The highest BCUT2D eigenvalue weighted by Gasteiger charge is 2.37. The van der Waals surface area contributed by atoms with Gasteiger partial charge in [0, 0.05) is 23.7 Å². The Hall–Kier alpha value is -4.25. The van der Waals surface area contributed by atoms with Gasteiger partial charge in [0.1, 0.15) is 0 Å². The topological polar surface area (TPSA) is 85.8 Å². The van der Waals surface area contributed by atoms with Gasteiger partial charge in [0.25, 0.3) is 5.91 Å². The first kappa shape index (κ1) is 27.3. The normalized spacial score (nSPS) is 17.1. The molecule has 1 fully saturated rings. The summed E-state index contributed by atoms with van der Waals surface area (Å²) in [5.74, 6) is 0.633. The zero-order valence-electron chi connectivity index (χ0n) is 21.5. The molecule has 1 unspecified atom stereocenters. The van der Waals surface area contributed by atoms with Crippen LogP contribution in [0, 0.1) is 0 Å². The molecule has 5 rings (SSSR count). The van der Waals surface area contributed by atoms with Crippen LogP contribution >= 0.6 is 11.8 Å². The zero-order valence-corrected chi connectivity index (χ0v) is 22.3. The van der Waals surface area contributed by atoms with Crippen molar-refractivity contribution in [1.82, 2.24) is 4.90 Å². The van der Waals surface area contributed by atoms with E-state index >= 15 is 0 Å². The summed E-state index contributed by atoms with van der Waals surface area (Å²) in [6, 6.07) is 19.6. The van der Waals surface area contributed by atoms with Crippen molar-refractivity contribution < 1.29 is 22.8 Å². The van der Waals surface area contributed by atoms with Gasteiger partial charge in [-0.25, -0.2) is 9.79 Å². The lowest BCUT2D eigenvalue weighted by Crippen LogP contribution is -2.43. The van der Waals surface area contributed by atoms with Gasteiger partial charge in [-0.3, -0.25) is 4.79 Å². The molecule has 0 aromatic heterocycles. The molecule has 1 atom stereocenters. The molecule has 0 aliphatic carbocycles. The number of hydrogen-bond acceptors (Lipinski definition) is 5. The van der Waals surface area contributed by atoms with Crippen LogP contribution in [0.5, 0.6) is 0 Å². The second-order valence-corrected chi connectivity index (χ2v) is 10.3. The number of allylic oxidation sites excluding steroid dienone is 1. The number of carbonyl (C=O) groups is 2. The van der Waals surface area contributed by atoms with E-state index in [4.69, 9.17) is 4.99 Å². The van der Waals surface area contributed by atoms with Crippen LogP contribution in [0.25, 0.3) is 0 Å². The van der Waals surface area contributed by atoms with E-state index in [1.807, 2.05) is 24.3 Å². The van der Waals surface area contributed by atoms with Crippen molar-refractivity contribution in [3.8, 4) is 0 Å². The number of carbonyl (C=O) groups excluding carboxylic acids is 2. The third-order valence-corrected chi connectivity index (χ3v) is 7.55. The van der Waals surface area contributed by atoms with E-state index in [0.29, 0.717) is 29.2 Å². The molecule has 40 heavy (non-hydrogen) atoms. The first-order chi connectivity index (χ1) is 19.2. The second-order valence-electron chi connectivity index (χ2n) is 9.26. The molecule has 3 aromatic rings. The minimum atomic E-state index is -4.61. The number of thioether (sulfide) groups is 1. The molecule has 2 aliphatic rings. The van der Waals surface area contributed by atoms with Gasteiger partial charge in [-0.2, -0.15) is 13.2 Å². The molecule has 0 spiro atoms. The summed E-state index contributed by atoms with van der Waals surface area (Å²) in [6.45, 7) is 2.50. The SMILES string of the molecule is CC1=C(C(=O)Nc2ccccc2)C(c2cccc(NC(=O)Nc3ccccc3C(F)(F)F)c2)N2CCCSC2=N1. The molecule has 0 radical (unpaired) electrons. The minimum Gasteiger partial charge on any atom is -0.340 e. The number of alkyl halides is 3. The predicted molar refractivity (Wildman–Crippen MR) is 152 cm³/mol. The quantitative estimate of drug-likeness (QED) is 0.308. The number of halogens is 3. The third-order valence-electron chi connectivity index (χ3n) is 6.48. The number of benzene rings is 3. The van der Waals surface area contributed by atoms with E-state index in [1.54, 1.807) is 49.0 Å². The molecular weight excluding hydrogens is 539 g/mol. The molecule has 0 bridgehead atoms. The van der Waals surface area contributed by atoms with Gasteiger partial charge < -0.3 is 20.9 Å².